The first-order valence-electron chi connectivity index (χ1n) is 6.69. The van der Waals surface area contributed by atoms with Crippen LogP contribution in [0.3, 0.4) is 0 Å². The Morgan fingerprint density at radius 2 is 2.42 bits per heavy atom. The predicted octanol–water partition coefficient (Wildman–Crippen LogP) is 2.15. The average molecular weight is 263 g/mol. The van der Waals surface area contributed by atoms with E-state index in [2.05, 4.69) is 22.0 Å². The van der Waals surface area contributed by atoms with Crippen molar-refractivity contribution in [3.8, 4) is 5.88 Å². The number of nitrogens with zero attached hydrogens (tertiary/aromatic N) is 3. The largest absolute Gasteiger partial charge is 0.481 e. The summed E-state index contributed by atoms with van der Waals surface area (Å²) in [6, 6.07) is 3.97. The highest BCUT2D eigenvalue weighted by atomic mass is 16.5. The van der Waals surface area contributed by atoms with E-state index in [0.717, 1.165) is 43.8 Å². The molecular weight excluding hydrogens is 242 g/mol. The van der Waals surface area contributed by atoms with E-state index in [1.807, 2.05) is 12.1 Å². The summed E-state index contributed by atoms with van der Waals surface area (Å²) < 4.78 is 5.28. The SMILES string of the molecule is CCC1CN(Cc2cccnc2OC)CC/C1=N\O. The van der Waals surface area contributed by atoms with Gasteiger partial charge < -0.3 is 9.94 Å². The van der Waals surface area contributed by atoms with Gasteiger partial charge in [0, 0.05) is 43.7 Å². The topological polar surface area (TPSA) is 58.0 Å². The van der Waals surface area contributed by atoms with Gasteiger partial charge in [-0.05, 0) is 12.5 Å². The van der Waals surface area contributed by atoms with Crippen LogP contribution in [0.15, 0.2) is 23.5 Å². The number of aromatic nitrogens is 1. The first kappa shape index (κ1) is 13.8. The third-order valence-corrected chi connectivity index (χ3v) is 3.69. The molecule has 1 unspecified atom stereocenters. The average Bonchev–Trinajstić information content (AvgIpc) is 2.47. The van der Waals surface area contributed by atoms with E-state index < -0.39 is 0 Å². The maximum atomic E-state index is 8.99. The van der Waals surface area contributed by atoms with E-state index in [1.54, 1.807) is 13.3 Å². The summed E-state index contributed by atoms with van der Waals surface area (Å²) in [6.45, 7) is 4.79. The van der Waals surface area contributed by atoms with Crippen LogP contribution in [0.5, 0.6) is 5.88 Å². The number of oxime groups is 1. The highest BCUT2D eigenvalue weighted by molar-refractivity contribution is 5.87. The van der Waals surface area contributed by atoms with Crippen LogP contribution in [-0.2, 0) is 6.54 Å². The summed E-state index contributed by atoms with van der Waals surface area (Å²) in [5, 5.41) is 12.4. The van der Waals surface area contributed by atoms with Gasteiger partial charge in [0.15, 0.2) is 0 Å². The molecule has 0 bridgehead atoms. The van der Waals surface area contributed by atoms with Gasteiger partial charge in [-0.1, -0.05) is 18.1 Å². The molecule has 19 heavy (non-hydrogen) atoms. The molecule has 1 aromatic rings. The maximum absolute atomic E-state index is 8.99. The van der Waals surface area contributed by atoms with Crippen molar-refractivity contribution in [3.05, 3.63) is 23.9 Å². The second kappa shape index (κ2) is 6.52. The molecule has 0 aromatic carbocycles. The smallest absolute Gasteiger partial charge is 0.217 e. The molecule has 0 radical (unpaired) electrons. The molecule has 1 saturated heterocycles. The van der Waals surface area contributed by atoms with E-state index in [9.17, 15) is 0 Å². The molecule has 0 spiro atoms. The van der Waals surface area contributed by atoms with E-state index in [-0.39, 0.29) is 0 Å². The molecule has 2 rings (SSSR count). The summed E-state index contributed by atoms with van der Waals surface area (Å²) in [6.07, 6.45) is 3.57. The van der Waals surface area contributed by atoms with Crippen molar-refractivity contribution in [2.24, 2.45) is 11.1 Å². The lowest BCUT2D eigenvalue weighted by atomic mass is 9.93. The minimum atomic E-state index is 0.349. The Kier molecular flexibility index (Phi) is 4.74. The Labute approximate surface area is 113 Å². The lowest BCUT2D eigenvalue weighted by Gasteiger charge is -2.32. The molecule has 1 fully saturated rings. The van der Waals surface area contributed by atoms with Crippen LogP contribution in [0.4, 0.5) is 0 Å². The van der Waals surface area contributed by atoms with Crippen LogP contribution in [0, 0.1) is 5.92 Å². The van der Waals surface area contributed by atoms with Gasteiger partial charge in [0.1, 0.15) is 0 Å². The molecule has 0 saturated carbocycles. The number of piperidine rings is 1. The molecule has 1 aliphatic rings. The number of methoxy groups -OCH3 is 1. The normalized spacial score (nSPS) is 22.6. The van der Waals surface area contributed by atoms with E-state index in [1.165, 1.54) is 0 Å². The maximum Gasteiger partial charge on any atom is 0.217 e. The van der Waals surface area contributed by atoms with Gasteiger partial charge in [0.05, 0.1) is 12.8 Å². The van der Waals surface area contributed by atoms with Crippen molar-refractivity contribution in [3.63, 3.8) is 0 Å². The zero-order valence-electron chi connectivity index (χ0n) is 11.5. The number of hydrogen-bond acceptors (Lipinski definition) is 5. The Hall–Kier alpha value is -1.62. The summed E-state index contributed by atoms with van der Waals surface area (Å²) in [5.74, 6) is 1.04. The zero-order chi connectivity index (χ0) is 13.7. The van der Waals surface area contributed by atoms with Crippen LogP contribution < -0.4 is 4.74 Å². The van der Waals surface area contributed by atoms with Crippen molar-refractivity contribution in [1.29, 1.82) is 0 Å². The highest BCUT2D eigenvalue weighted by Crippen LogP contribution is 2.22. The van der Waals surface area contributed by atoms with E-state index in [4.69, 9.17) is 9.94 Å². The monoisotopic (exact) mass is 263 g/mol. The summed E-state index contributed by atoms with van der Waals surface area (Å²) in [4.78, 5) is 6.58. The molecular formula is C14H21N3O2. The van der Waals surface area contributed by atoms with Crippen molar-refractivity contribution < 1.29 is 9.94 Å². The van der Waals surface area contributed by atoms with Crippen molar-refractivity contribution in [1.82, 2.24) is 9.88 Å². The molecule has 0 aliphatic carbocycles. The van der Waals surface area contributed by atoms with Gasteiger partial charge in [-0.15, -0.1) is 0 Å². The first-order chi connectivity index (χ1) is 9.28. The Balaban J connectivity index is 2.04. The molecule has 1 aliphatic heterocycles. The fraction of sp³-hybridized carbons (Fsp3) is 0.571. The number of hydrogen-bond donors (Lipinski definition) is 1. The zero-order valence-corrected chi connectivity index (χ0v) is 11.5. The van der Waals surface area contributed by atoms with Crippen molar-refractivity contribution in [2.45, 2.75) is 26.3 Å². The number of ether oxygens (including phenoxy) is 1. The minimum Gasteiger partial charge on any atom is -0.481 e. The quantitative estimate of drug-likeness (QED) is 0.668. The van der Waals surface area contributed by atoms with Crippen molar-refractivity contribution in [2.75, 3.05) is 20.2 Å². The van der Waals surface area contributed by atoms with Gasteiger partial charge in [0.2, 0.25) is 5.88 Å². The lowest BCUT2D eigenvalue weighted by molar-refractivity contribution is 0.217. The van der Waals surface area contributed by atoms with Gasteiger partial charge in [-0.2, -0.15) is 0 Å². The number of pyridine rings is 1. The fourth-order valence-corrected chi connectivity index (χ4v) is 2.59. The lowest BCUT2D eigenvalue weighted by Crippen LogP contribution is -2.40. The molecule has 1 aromatic heterocycles. The van der Waals surface area contributed by atoms with E-state index in [0.29, 0.717) is 11.8 Å². The predicted molar refractivity (Wildman–Crippen MR) is 73.7 cm³/mol. The highest BCUT2D eigenvalue weighted by Gasteiger charge is 2.25. The summed E-state index contributed by atoms with van der Waals surface area (Å²) in [7, 11) is 1.65. The third-order valence-electron chi connectivity index (χ3n) is 3.69. The molecule has 1 atom stereocenters. The standard InChI is InChI=1S/C14H21N3O2/c1-3-11-9-17(8-6-13(11)16-18)10-12-5-4-7-15-14(12)19-2/h4-5,7,11,18H,3,6,8-10H2,1-2H3/b16-13+. The van der Waals surface area contributed by atoms with Crippen LogP contribution in [0.2, 0.25) is 0 Å². The summed E-state index contributed by atoms with van der Waals surface area (Å²) in [5.41, 5.74) is 2.03. The molecule has 1 N–H and O–H groups in total. The second-order valence-electron chi connectivity index (χ2n) is 4.85. The molecule has 5 nitrogen and oxygen atoms in total. The van der Waals surface area contributed by atoms with Gasteiger partial charge in [0.25, 0.3) is 0 Å². The van der Waals surface area contributed by atoms with Gasteiger partial charge in [-0.3, -0.25) is 4.90 Å². The third kappa shape index (κ3) is 3.23. The molecule has 5 heteroatoms. The van der Waals surface area contributed by atoms with Gasteiger partial charge >= 0.3 is 0 Å². The molecule has 104 valence electrons. The fourth-order valence-electron chi connectivity index (χ4n) is 2.59. The summed E-state index contributed by atoms with van der Waals surface area (Å²) >= 11 is 0. The van der Waals surface area contributed by atoms with Crippen LogP contribution in [0.25, 0.3) is 0 Å². The van der Waals surface area contributed by atoms with Crippen LogP contribution in [0.1, 0.15) is 25.3 Å². The number of rotatable bonds is 4. The molecule has 2 heterocycles. The molecule has 0 amide bonds. The first-order valence-corrected chi connectivity index (χ1v) is 6.69. The Bertz CT molecular complexity index is 448. The van der Waals surface area contributed by atoms with E-state index >= 15 is 0 Å². The van der Waals surface area contributed by atoms with Crippen LogP contribution >= 0.6 is 0 Å². The van der Waals surface area contributed by atoms with Gasteiger partial charge in [-0.25, -0.2) is 4.98 Å². The second-order valence-corrected chi connectivity index (χ2v) is 4.85. The van der Waals surface area contributed by atoms with Crippen molar-refractivity contribution >= 4 is 5.71 Å². The van der Waals surface area contributed by atoms with Crippen LogP contribution in [-0.4, -0.2) is 41.0 Å². The number of likely N-dealkylation sites (tertiary alicyclic amines) is 1. The Morgan fingerprint density at radius 1 is 1.58 bits per heavy atom. The Morgan fingerprint density at radius 3 is 3.11 bits per heavy atom. The minimum absolute atomic E-state index is 0.349.